The molecule has 7 atom stereocenters. The first-order valence-electron chi connectivity index (χ1n) is 14.6. The SMILES string of the molecule is COC(=O)C(CC(C)C)NP(=O)(NC(CC(C)C)C(=O)OC)OC[C@H]1OC2(C)[C@@H](n3cnc4c(OC)nc(N)nc43)C2(O)C1O. The molecular weight excluding hydrogens is 613 g/mol. The van der Waals surface area contributed by atoms with Crippen molar-refractivity contribution in [1.29, 1.82) is 0 Å². The van der Waals surface area contributed by atoms with Crippen LogP contribution in [0.15, 0.2) is 6.33 Å². The molecule has 0 spiro atoms. The average Bonchev–Trinajstić information content (AvgIpc) is 3.19. The Labute approximate surface area is 261 Å². The minimum Gasteiger partial charge on any atom is -0.479 e. The van der Waals surface area contributed by atoms with Crippen LogP contribution in [0, 0.1) is 11.8 Å². The van der Waals surface area contributed by atoms with Crippen molar-refractivity contribution in [3.8, 4) is 5.88 Å². The van der Waals surface area contributed by atoms with Crippen LogP contribution in [0.5, 0.6) is 5.88 Å². The van der Waals surface area contributed by atoms with Crippen LogP contribution < -0.4 is 20.6 Å². The predicted octanol–water partition coefficient (Wildman–Crippen LogP) is 0.701. The molecule has 1 aliphatic heterocycles. The van der Waals surface area contributed by atoms with Gasteiger partial charge in [-0.15, -0.1) is 0 Å². The molecule has 1 saturated carbocycles. The molecule has 5 unspecified atom stereocenters. The van der Waals surface area contributed by atoms with Crippen molar-refractivity contribution >= 4 is 36.7 Å². The fourth-order valence-electron chi connectivity index (χ4n) is 6.03. The second-order valence-electron chi connectivity index (χ2n) is 12.4. The zero-order chi connectivity index (χ0) is 33.5. The normalized spacial score (nSPS) is 28.5. The molecule has 2 fully saturated rings. The Bertz CT molecular complexity index is 1420. The summed E-state index contributed by atoms with van der Waals surface area (Å²) in [7, 11) is -0.426. The van der Waals surface area contributed by atoms with E-state index in [1.165, 1.54) is 32.2 Å². The van der Waals surface area contributed by atoms with E-state index in [0.29, 0.717) is 5.52 Å². The molecule has 2 aromatic rings. The first-order chi connectivity index (χ1) is 21.0. The van der Waals surface area contributed by atoms with Crippen LogP contribution >= 0.6 is 7.67 Å². The second-order valence-corrected chi connectivity index (χ2v) is 14.2. The van der Waals surface area contributed by atoms with Crippen molar-refractivity contribution in [3.63, 3.8) is 0 Å². The van der Waals surface area contributed by atoms with Gasteiger partial charge in [-0.2, -0.15) is 9.97 Å². The highest BCUT2D eigenvalue weighted by Crippen LogP contribution is 2.68. The largest absolute Gasteiger partial charge is 0.479 e. The Kier molecular flexibility index (Phi) is 10.1. The highest BCUT2D eigenvalue weighted by molar-refractivity contribution is 7.54. The minimum absolute atomic E-state index is 0.000180. The molecule has 252 valence electrons. The number of aliphatic hydroxyl groups excluding tert-OH is 1. The van der Waals surface area contributed by atoms with E-state index in [9.17, 15) is 24.4 Å². The topological polar surface area (TPSA) is 232 Å². The molecule has 17 nitrogen and oxygen atoms in total. The molecule has 1 saturated heterocycles. The number of carbonyl (C=O) groups excluding carboxylic acids is 2. The second kappa shape index (κ2) is 13.1. The number of nitrogens with two attached hydrogens (primary N) is 1. The quantitative estimate of drug-likeness (QED) is 0.131. The van der Waals surface area contributed by atoms with Crippen LogP contribution in [0.3, 0.4) is 0 Å². The van der Waals surface area contributed by atoms with Crippen molar-refractivity contribution in [2.75, 3.05) is 33.7 Å². The number of fused-ring (bicyclic) bond motifs is 2. The molecule has 0 bridgehead atoms. The van der Waals surface area contributed by atoms with E-state index in [0.717, 1.165) is 0 Å². The lowest BCUT2D eigenvalue weighted by Gasteiger charge is -2.31. The van der Waals surface area contributed by atoms with Gasteiger partial charge >= 0.3 is 19.6 Å². The van der Waals surface area contributed by atoms with E-state index in [1.807, 2.05) is 27.7 Å². The van der Waals surface area contributed by atoms with Crippen LogP contribution in [0.1, 0.15) is 53.5 Å². The summed E-state index contributed by atoms with van der Waals surface area (Å²) >= 11 is 0. The maximum Gasteiger partial charge on any atom is 0.342 e. The maximum absolute atomic E-state index is 14.3. The Balaban J connectivity index is 1.58. The molecule has 3 heterocycles. The van der Waals surface area contributed by atoms with Gasteiger partial charge in [-0.1, -0.05) is 27.7 Å². The molecule has 0 amide bonds. The van der Waals surface area contributed by atoms with Gasteiger partial charge in [-0.05, 0) is 31.6 Å². The van der Waals surface area contributed by atoms with Gasteiger partial charge in [0, 0.05) is 0 Å². The van der Waals surface area contributed by atoms with Crippen molar-refractivity contribution in [1.82, 2.24) is 29.7 Å². The number of methoxy groups -OCH3 is 3. The number of anilines is 1. The van der Waals surface area contributed by atoms with Crippen LogP contribution in [-0.2, 0) is 32.9 Å². The van der Waals surface area contributed by atoms with Gasteiger partial charge in [0.25, 0.3) is 0 Å². The third kappa shape index (κ3) is 6.52. The van der Waals surface area contributed by atoms with E-state index in [4.69, 9.17) is 29.2 Å². The lowest BCUT2D eigenvalue weighted by Crippen LogP contribution is -2.46. The molecule has 2 aromatic heterocycles. The molecule has 0 aromatic carbocycles. The van der Waals surface area contributed by atoms with Gasteiger partial charge in [0.15, 0.2) is 11.2 Å². The monoisotopic (exact) mass is 657 g/mol. The average molecular weight is 658 g/mol. The van der Waals surface area contributed by atoms with Crippen molar-refractivity contribution in [2.45, 2.75) is 89.0 Å². The summed E-state index contributed by atoms with van der Waals surface area (Å²) in [5.41, 5.74) is 3.27. The highest BCUT2D eigenvalue weighted by Gasteiger charge is 2.85. The van der Waals surface area contributed by atoms with E-state index in [1.54, 1.807) is 6.92 Å². The number of carbonyl (C=O) groups is 2. The zero-order valence-electron chi connectivity index (χ0n) is 26.7. The highest BCUT2D eigenvalue weighted by atomic mass is 31.2. The van der Waals surface area contributed by atoms with E-state index in [-0.39, 0.29) is 42.2 Å². The van der Waals surface area contributed by atoms with Crippen molar-refractivity contribution in [3.05, 3.63) is 6.33 Å². The lowest BCUT2D eigenvalue weighted by molar-refractivity contribution is -0.143. The number of aromatic nitrogens is 4. The summed E-state index contributed by atoms with van der Waals surface area (Å²) < 4.78 is 42.9. The molecule has 1 aliphatic carbocycles. The van der Waals surface area contributed by atoms with E-state index < -0.39 is 67.8 Å². The maximum atomic E-state index is 14.3. The molecular formula is C27H44N7O10P. The first-order valence-corrected chi connectivity index (χ1v) is 16.3. The molecule has 45 heavy (non-hydrogen) atoms. The molecule has 2 aliphatic rings. The lowest BCUT2D eigenvalue weighted by atomic mass is 10.1. The number of rotatable bonds is 15. The van der Waals surface area contributed by atoms with Crippen LogP contribution in [-0.4, -0.2) is 105 Å². The van der Waals surface area contributed by atoms with Gasteiger partial charge < -0.3 is 44.0 Å². The number of aliphatic hydroxyl groups is 2. The Morgan fingerprint density at radius 1 is 1.09 bits per heavy atom. The Morgan fingerprint density at radius 2 is 1.64 bits per heavy atom. The summed E-state index contributed by atoms with van der Waals surface area (Å²) in [6.45, 7) is 8.62. The summed E-state index contributed by atoms with van der Waals surface area (Å²) in [6.07, 6.45) is -0.761. The van der Waals surface area contributed by atoms with Crippen molar-refractivity contribution in [2.24, 2.45) is 11.8 Å². The number of nitrogens with zero attached hydrogens (tertiary/aromatic N) is 4. The summed E-state index contributed by atoms with van der Waals surface area (Å²) in [5.74, 6) is -1.28. The Morgan fingerprint density at radius 3 is 2.09 bits per heavy atom. The number of esters is 2. The van der Waals surface area contributed by atoms with Crippen LogP contribution in [0.2, 0.25) is 0 Å². The van der Waals surface area contributed by atoms with Gasteiger partial charge in [-0.3, -0.25) is 14.2 Å². The van der Waals surface area contributed by atoms with Crippen molar-refractivity contribution < 1.29 is 47.8 Å². The van der Waals surface area contributed by atoms with Gasteiger partial charge in [-0.25, -0.2) is 15.2 Å². The summed E-state index contributed by atoms with van der Waals surface area (Å²) in [4.78, 5) is 37.8. The standard InChI is InChI=1S/C27H44N7O10P/c1-13(2)9-15(22(36)41-7)32-45(39,33-16(10-14(3)4)23(37)42-8)43-11-17-19(35)27(38)24(26(27,5)44-17)34-12-29-18-20(34)30-25(28)31-21(18)40-6/h12-17,19,24,35,38H,9-11H2,1-8H3,(H2,28,30,31)(H2,32,33,39)/t15?,16?,17-,19?,24-,26?,27?,45?/m1/s1. The number of imidazole rings is 1. The number of nitrogen functional groups attached to an aromatic ring is 1. The smallest absolute Gasteiger partial charge is 0.342 e. The fourth-order valence-corrected chi connectivity index (χ4v) is 7.85. The first kappa shape index (κ1) is 34.9. The summed E-state index contributed by atoms with van der Waals surface area (Å²) in [5, 5.41) is 28.5. The molecule has 4 rings (SSSR count). The Hall–Kier alpha value is -2.92. The van der Waals surface area contributed by atoms with E-state index >= 15 is 0 Å². The number of nitrogens with one attached hydrogen (secondary N) is 2. The number of hydrogen-bond acceptors (Lipinski definition) is 14. The third-order valence-electron chi connectivity index (χ3n) is 8.19. The van der Waals surface area contributed by atoms with Gasteiger partial charge in [0.05, 0.1) is 34.3 Å². The third-order valence-corrected chi connectivity index (χ3v) is 10.0. The molecule has 6 N–H and O–H groups in total. The van der Waals surface area contributed by atoms with Crippen LogP contribution in [0.4, 0.5) is 5.95 Å². The fraction of sp³-hybridized carbons (Fsp3) is 0.741. The van der Waals surface area contributed by atoms with Gasteiger partial charge in [0.1, 0.15) is 41.5 Å². The molecule has 18 heteroatoms. The summed E-state index contributed by atoms with van der Waals surface area (Å²) in [6, 6.07) is -2.94. The van der Waals surface area contributed by atoms with Gasteiger partial charge in [0.2, 0.25) is 11.8 Å². The van der Waals surface area contributed by atoms with E-state index in [2.05, 4.69) is 25.1 Å². The van der Waals surface area contributed by atoms with Crippen LogP contribution in [0.25, 0.3) is 11.2 Å². The zero-order valence-corrected chi connectivity index (χ0v) is 27.6. The molecule has 0 radical (unpaired) electrons. The number of hydrogen-bond donors (Lipinski definition) is 5. The predicted molar refractivity (Wildman–Crippen MR) is 160 cm³/mol. The minimum atomic E-state index is -4.25. The number of ether oxygens (including phenoxy) is 4.